The quantitative estimate of drug-likeness (QED) is 0.856. The molecule has 0 bridgehead atoms. The Kier molecular flexibility index (Phi) is 4.53. The monoisotopic (exact) mass is 346 g/mol. The standard InChI is InChI=1S/C13H19BrN2O2S/c1-2-10-5-7-16(8-6-10)19(17,18)13-9-11(15)3-4-12(13)14/h3-4,9-10H,2,5-8,15H2,1H3. The smallest absolute Gasteiger partial charge is 0.244 e. The highest BCUT2D eigenvalue weighted by Crippen LogP contribution is 2.30. The number of benzene rings is 1. The Morgan fingerprint density at radius 3 is 2.58 bits per heavy atom. The molecule has 1 saturated heterocycles. The first-order chi connectivity index (χ1) is 8.95. The van der Waals surface area contributed by atoms with Gasteiger partial charge in [0.25, 0.3) is 0 Å². The lowest BCUT2D eigenvalue weighted by Gasteiger charge is -2.31. The van der Waals surface area contributed by atoms with Crippen LogP contribution in [0.15, 0.2) is 27.6 Å². The normalized spacial score (nSPS) is 18.6. The molecule has 1 heterocycles. The number of anilines is 1. The summed E-state index contributed by atoms with van der Waals surface area (Å²) in [5.41, 5.74) is 6.16. The Balaban J connectivity index is 2.26. The maximum Gasteiger partial charge on any atom is 0.244 e. The molecule has 2 N–H and O–H groups in total. The Hall–Kier alpha value is -0.590. The maximum absolute atomic E-state index is 12.6. The number of halogens is 1. The van der Waals surface area contributed by atoms with Crippen molar-refractivity contribution in [3.63, 3.8) is 0 Å². The minimum absolute atomic E-state index is 0.266. The molecule has 6 heteroatoms. The van der Waals surface area contributed by atoms with E-state index in [0.29, 0.717) is 29.2 Å². The lowest BCUT2D eigenvalue weighted by atomic mass is 9.96. The number of hydrogen-bond acceptors (Lipinski definition) is 3. The van der Waals surface area contributed by atoms with Gasteiger partial charge in [0, 0.05) is 23.2 Å². The van der Waals surface area contributed by atoms with Crippen molar-refractivity contribution in [1.29, 1.82) is 0 Å². The summed E-state index contributed by atoms with van der Waals surface area (Å²) < 4.78 is 27.3. The number of sulfonamides is 1. The number of piperidine rings is 1. The van der Waals surface area contributed by atoms with Crippen molar-refractivity contribution in [2.75, 3.05) is 18.8 Å². The van der Waals surface area contributed by atoms with Gasteiger partial charge in [-0.1, -0.05) is 13.3 Å². The first-order valence-corrected chi connectivity index (χ1v) is 8.73. The first kappa shape index (κ1) is 14.8. The summed E-state index contributed by atoms with van der Waals surface area (Å²) in [7, 11) is -3.44. The summed E-state index contributed by atoms with van der Waals surface area (Å²) in [6.45, 7) is 3.35. The van der Waals surface area contributed by atoms with Gasteiger partial charge in [-0.3, -0.25) is 0 Å². The second-order valence-electron chi connectivity index (χ2n) is 4.95. The number of hydrogen-bond donors (Lipinski definition) is 1. The molecule has 4 nitrogen and oxygen atoms in total. The molecule has 1 aromatic carbocycles. The van der Waals surface area contributed by atoms with Crippen LogP contribution in [0.2, 0.25) is 0 Å². The van der Waals surface area contributed by atoms with Crippen LogP contribution in [0.5, 0.6) is 0 Å². The number of nitrogen functional groups attached to an aromatic ring is 1. The molecule has 1 aromatic rings. The fourth-order valence-corrected chi connectivity index (χ4v) is 4.84. The van der Waals surface area contributed by atoms with Gasteiger partial charge in [0.05, 0.1) is 4.90 Å². The molecular formula is C13H19BrN2O2S. The van der Waals surface area contributed by atoms with Crippen molar-refractivity contribution in [3.8, 4) is 0 Å². The van der Waals surface area contributed by atoms with Crippen LogP contribution >= 0.6 is 15.9 Å². The van der Waals surface area contributed by atoms with Crippen LogP contribution in [-0.4, -0.2) is 25.8 Å². The number of nitrogens with zero attached hydrogens (tertiary/aromatic N) is 1. The van der Waals surface area contributed by atoms with E-state index in [1.165, 1.54) is 6.07 Å². The van der Waals surface area contributed by atoms with E-state index in [2.05, 4.69) is 22.9 Å². The van der Waals surface area contributed by atoms with Gasteiger partial charge >= 0.3 is 0 Å². The lowest BCUT2D eigenvalue weighted by molar-refractivity contribution is 0.269. The highest BCUT2D eigenvalue weighted by Gasteiger charge is 2.30. The molecule has 0 amide bonds. The second-order valence-corrected chi connectivity index (χ2v) is 7.71. The summed E-state index contributed by atoms with van der Waals surface area (Å²) in [6, 6.07) is 4.89. The van der Waals surface area contributed by atoms with Crippen molar-refractivity contribution in [1.82, 2.24) is 4.31 Å². The summed E-state index contributed by atoms with van der Waals surface area (Å²) >= 11 is 3.30. The van der Waals surface area contributed by atoms with Crippen LogP contribution in [0, 0.1) is 5.92 Å². The van der Waals surface area contributed by atoms with Crippen molar-refractivity contribution in [2.24, 2.45) is 5.92 Å². The first-order valence-electron chi connectivity index (χ1n) is 6.50. The molecule has 1 fully saturated rings. The van der Waals surface area contributed by atoms with Gasteiger partial charge in [0.1, 0.15) is 0 Å². The Morgan fingerprint density at radius 1 is 1.37 bits per heavy atom. The second kappa shape index (κ2) is 5.81. The molecule has 0 spiro atoms. The zero-order valence-electron chi connectivity index (χ0n) is 11.0. The zero-order chi connectivity index (χ0) is 14.0. The molecule has 0 radical (unpaired) electrons. The molecule has 0 aromatic heterocycles. The minimum atomic E-state index is -3.44. The Morgan fingerprint density at radius 2 is 2.00 bits per heavy atom. The van der Waals surface area contributed by atoms with E-state index in [-0.39, 0.29) is 4.90 Å². The van der Waals surface area contributed by atoms with Crippen LogP contribution in [0.1, 0.15) is 26.2 Å². The van der Waals surface area contributed by atoms with E-state index in [4.69, 9.17) is 5.73 Å². The maximum atomic E-state index is 12.6. The molecular weight excluding hydrogens is 328 g/mol. The van der Waals surface area contributed by atoms with Crippen molar-refractivity contribution >= 4 is 31.6 Å². The van der Waals surface area contributed by atoms with E-state index < -0.39 is 10.0 Å². The average Bonchev–Trinajstić information content (AvgIpc) is 2.41. The lowest BCUT2D eigenvalue weighted by Crippen LogP contribution is -2.38. The van der Waals surface area contributed by atoms with Gasteiger partial charge in [-0.25, -0.2) is 8.42 Å². The molecule has 0 unspecified atom stereocenters. The summed E-state index contributed by atoms with van der Waals surface area (Å²) in [5.74, 6) is 0.649. The molecule has 0 aliphatic carbocycles. The summed E-state index contributed by atoms with van der Waals surface area (Å²) in [6.07, 6.45) is 3.00. The van der Waals surface area contributed by atoms with Crippen LogP contribution in [-0.2, 0) is 10.0 Å². The van der Waals surface area contributed by atoms with E-state index in [1.807, 2.05) is 0 Å². The van der Waals surface area contributed by atoms with Crippen LogP contribution in [0.4, 0.5) is 5.69 Å². The van der Waals surface area contributed by atoms with Gasteiger partial charge in [-0.05, 0) is 52.9 Å². The Bertz CT molecular complexity index is 552. The molecule has 2 rings (SSSR count). The van der Waals surface area contributed by atoms with Gasteiger partial charge in [0.2, 0.25) is 10.0 Å². The third kappa shape index (κ3) is 3.12. The van der Waals surface area contributed by atoms with Crippen LogP contribution < -0.4 is 5.73 Å². The minimum Gasteiger partial charge on any atom is -0.399 e. The van der Waals surface area contributed by atoms with E-state index in [9.17, 15) is 8.42 Å². The van der Waals surface area contributed by atoms with Crippen LogP contribution in [0.3, 0.4) is 0 Å². The molecule has 106 valence electrons. The van der Waals surface area contributed by atoms with Crippen LogP contribution in [0.25, 0.3) is 0 Å². The predicted molar refractivity (Wildman–Crippen MR) is 80.3 cm³/mol. The van der Waals surface area contributed by atoms with Gasteiger partial charge < -0.3 is 5.73 Å². The zero-order valence-corrected chi connectivity index (χ0v) is 13.4. The van der Waals surface area contributed by atoms with Gasteiger partial charge in [-0.2, -0.15) is 4.31 Å². The fourth-order valence-electron chi connectivity index (χ4n) is 2.41. The Labute approximate surface area is 123 Å². The van der Waals surface area contributed by atoms with E-state index >= 15 is 0 Å². The summed E-state index contributed by atoms with van der Waals surface area (Å²) in [5, 5.41) is 0. The number of nitrogens with two attached hydrogens (primary N) is 1. The fraction of sp³-hybridized carbons (Fsp3) is 0.538. The van der Waals surface area contributed by atoms with Crippen molar-refractivity contribution < 1.29 is 8.42 Å². The molecule has 0 saturated carbocycles. The molecule has 1 aliphatic rings. The molecule has 0 atom stereocenters. The number of rotatable bonds is 3. The molecule has 1 aliphatic heterocycles. The summed E-state index contributed by atoms with van der Waals surface area (Å²) in [4.78, 5) is 0.266. The highest BCUT2D eigenvalue weighted by molar-refractivity contribution is 9.10. The topological polar surface area (TPSA) is 63.4 Å². The van der Waals surface area contributed by atoms with E-state index in [0.717, 1.165) is 19.3 Å². The van der Waals surface area contributed by atoms with Crippen molar-refractivity contribution in [2.45, 2.75) is 31.1 Å². The van der Waals surface area contributed by atoms with Crippen molar-refractivity contribution in [3.05, 3.63) is 22.7 Å². The third-order valence-electron chi connectivity index (χ3n) is 3.72. The SMILES string of the molecule is CCC1CCN(S(=O)(=O)c2cc(N)ccc2Br)CC1. The predicted octanol–water partition coefficient (Wildman–Crippen LogP) is 2.84. The van der Waals surface area contributed by atoms with E-state index in [1.54, 1.807) is 16.4 Å². The molecule has 19 heavy (non-hydrogen) atoms. The van der Waals surface area contributed by atoms with Gasteiger partial charge in [-0.15, -0.1) is 0 Å². The third-order valence-corrected chi connectivity index (χ3v) is 6.62. The largest absolute Gasteiger partial charge is 0.399 e. The van der Waals surface area contributed by atoms with Gasteiger partial charge in [0.15, 0.2) is 0 Å². The highest BCUT2D eigenvalue weighted by atomic mass is 79.9. The average molecular weight is 347 g/mol.